The minimum absolute atomic E-state index is 0.0889. The van der Waals surface area contributed by atoms with Gasteiger partial charge < -0.3 is 5.32 Å². The first-order valence-corrected chi connectivity index (χ1v) is 8.28. The second-order valence-electron chi connectivity index (χ2n) is 6.81. The molecule has 2 aliphatic heterocycles. The van der Waals surface area contributed by atoms with Crippen molar-refractivity contribution in [1.29, 1.82) is 0 Å². The molecule has 3 rings (SSSR count). The second kappa shape index (κ2) is 6.01. The molecular weight excluding hydrogens is 310 g/mol. The molecule has 8 heteroatoms. The third-order valence-electron chi connectivity index (χ3n) is 4.61. The van der Waals surface area contributed by atoms with E-state index in [1.54, 1.807) is 19.9 Å². The number of nitrogens with zero attached hydrogens (tertiary/aromatic N) is 4. The first-order valence-electron chi connectivity index (χ1n) is 8.28. The summed E-state index contributed by atoms with van der Waals surface area (Å²) in [5, 5.41) is 7.08. The van der Waals surface area contributed by atoms with E-state index in [2.05, 4.69) is 15.3 Å². The van der Waals surface area contributed by atoms with Gasteiger partial charge in [-0.15, -0.1) is 0 Å². The van der Waals surface area contributed by atoms with E-state index in [1.807, 2.05) is 6.92 Å². The van der Waals surface area contributed by atoms with E-state index in [0.717, 1.165) is 24.2 Å². The van der Waals surface area contributed by atoms with Crippen molar-refractivity contribution in [3.05, 3.63) is 27.7 Å². The summed E-state index contributed by atoms with van der Waals surface area (Å²) in [5.74, 6) is -0.197. The van der Waals surface area contributed by atoms with E-state index < -0.39 is 5.54 Å². The Morgan fingerprint density at radius 3 is 2.62 bits per heavy atom. The van der Waals surface area contributed by atoms with Gasteiger partial charge in [-0.1, -0.05) is 0 Å². The number of carbonyl (C=O) groups excluding carboxylic acids is 2. The molecule has 2 aliphatic rings. The normalized spacial score (nSPS) is 20.2. The topological polar surface area (TPSA) is 87.5 Å². The van der Waals surface area contributed by atoms with Gasteiger partial charge in [0.25, 0.3) is 11.5 Å². The van der Waals surface area contributed by atoms with Gasteiger partial charge in [-0.2, -0.15) is 5.10 Å². The molecule has 0 saturated carbocycles. The van der Waals surface area contributed by atoms with Crippen LogP contribution in [0.25, 0.3) is 0 Å². The summed E-state index contributed by atoms with van der Waals surface area (Å²) in [6, 6.07) is 1.31. The highest BCUT2D eigenvalue weighted by Crippen LogP contribution is 2.18. The summed E-state index contributed by atoms with van der Waals surface area (Å²) in [6.45, 7) is 8.23. The number of urea groups is 1. The molecule has 0 unspecified atom stereocenters. The van der Waals surface area contributed by atoms with Gasteiger partial charge in [0.15, 0.2) is 0 Å². The number of hydrogen-bond acceptors (Lipinski definition) is 5. The van der Waals surface area contributed by atoms with E-state index in [4.69, 9.17) is 0 Å². The van der Waals surface area contributed by atoms with Gasteiger partial charge in [0.1, 0.15) is 5.54 Å². The van der Waals surface area contributed by atoms with Crippen molar-refractivity contribution in [3.63, 3.8) is 0 Å². The Morgan fingerprint density at radius 1 is 1.25 bits per heavy atom. The summed E-state index contributed by atoms with van der Waals surface area (Å²) >= 11 is 0. The van der Waals surface area contributed by atoms with Crippen LogP contribution in [0.2, 0.25) is 0 Å². The van der Waals surface area contributed by atoms with Gasteiger partial charge in [0.05, 0.1) is 5.69 Å². The van der Waals surface area contributed by atoms with E-state index in [0.29, 0.717) is 26.2 Å². The van der Waals surface area contributed by atoms with Gasteiger partial charge in [-0.05, 0) is 26.3 Å². The van der Waals surface area contributed by atoms with Crippen LogP contribution in [0, 0.1) is 0 Å². The Labute approximate surface area is 140 Å². The van der Waals surface area contributed by atoms with Crippen LogP contribution in [0.5, 0.6) is 0 Å². The molecule has 130 valence electrons. The zero-order valence-corrected chi connectivity index (χ0v) is 14.3. The van der Waals surface area contributed by atoms with Crippen LogP contribution >= 0.6 is 0 Å². The maximum Gasteiger partial charge on any atom is 0.325 e. The summed E-state index contributed by atoms with van der Waals surface area (Å²) in [4.78, 5) is 39.4. The summed E-state index contributed by atoms with van der Waals surface area (Å²) < 4.78 is 1.48. The number of carbonyl (C=O) groups is 2. The smallest absolute Gasteiger partial charge is 0.324 e. The highest BCUT2D eigenvalue weighted by Gasteiger charge is 2.44. The van der Waals surface area contributed by atoms with E-state index in [9.17, 15) is 14.4 Å². The average molecular weight is 333 g/mol. The lowest BCUT2D eigenvalue weighted by molar-refractivity contribution is -0.130. The molecule has 0 aromatic carbocycles. The molecule has 0 bridgehead atoms. The number of fused-ring (bicyclic) bond motifs is 1. The van der Waals surface area contributed by atoms with Crippen LogP contribution in [0.3, 0.4) is 0 Å². The fourth-order valence-electron chi connectivity index (χ4n) is 3.18. The molecule has 1 saturated heterocycles. The molecule has 0 aliphatic carbocycles. The molecule has 1 aromatic heterocycles. The molecule has 1 fully saturated rings. The van der Waals surface area contributed by atoms with Gasteiger partial charge in [-0.25, -0.2) is 9.48 Å². The Balaban J connectivity index is 1.65. The minimum Gasteiger partial charge on any atom is -0.324 e. The third kappa shape index (κ3) is 2.93. The van der Waals surface area contributed by atoms with Crippen molar-refractivity contribution in [2.45, 2.75) is 45.8 Å². The fraction of sp³-hybridized carbons (Fsp3) is 0.625. The number of nitrogens with one attached hydrogen (secondary N) is 1. The molecule has 24 heavy (non-hydrogen) atoms. The molecule has 1 N–H and O–H groups in total. The predicted octanol–water partition coefficient (Wildman–Crippen LogP) is -0.0483. The first-order chi connectivity index (χ1) is 11.3. The number of rotatable bonds is 4. The highest BCUT2D eigenvalue weighted by molar-refractivity contribution is 6.06. The number of aromatic nitrogens is 2. The lowest BCUT2D eigenvalue weighted by Gasteiger charge is -2.29. The van der Waals surface area contributed by atoms with Crippen molar-refractivity contribution < 1.29 is 9.59 Å². The maximum absolute atomic E-state index is 12.2. The molecule has 3 amide bonds. The third-order valence-corrected chi connectivity index (χ3v) is 4.61. The number of hydrogen-bond donors (Lipinski definition) is 1. The van der Waals surface area contributed by atoms with Crippen LogP contribution < -0.4 is 10.9 Å². The van der Waals surface area contributed by atoms with Crippen LogP contribution in [0.4, 0.5) is 4.79 Å². The van der Waals surface area contributed by atoms with Gasteiger partial charge in [-0.3, -0.25) is 19.4 Å². The van der Waals surface area contributed by atoms with Crippen molar-refractivity contribution in [3.8, 4) is 0 Å². The second-order valence-corrected chi connectivity index (χ2v) is 6.81. The molecule has 0 spiro atoms. The highest BCUT2D eigenvalue weighted by atomic mass is 16.2. The molecule has 1 aromatic rings. The Hall–Kier alpha value is -2.22. The molecular formula is C16H23N5O3. The SMILES string of the molecule is CCn1nc2c(cc1=O)CN(CCN1C(=O)NC(C)(C)C1=O)CC2. The summed E-state index contributed by atoms with van der Waals surface area (Å²) in [5.41, 5.74) is 0.979. The Morgan fingerprint density at radius 2 is 2.00 bits per heavy atom. The summed E-state index contributed by atoms with van der Waals surface area (Å²) in [7, 11) is 0. The molecule has 3 heterocycles. The molecule has 0 radical (unpaired) electrons. The number of aryl methyl sites for hydroxylation is 1. The average Bonchev–Trinajstić information content (AvgIpc) is 2.72. The number of amides is 3. The number of imide groups is 1. The van der Waals surface area contributed by atoms with Gasteiger partial charge >= 0.3 is 6.03 Å². The Kier molecular flexibility index (Phi) is 4.16. The van der Waals surface area contributed by atoms with Crippen LogP contribution in [-0.4, -0.2) is 56.7 Å². The van der Waals surface area contributed by atoms with Crippen molar-refractivity contribution in [2.24, 2.45) is 0 Å². The van der Waals surface area contributed by atoms with Crippen LogP contribution in [0.1, 0.15) is 32.0 Å². The summed E-state index contributed by atoms with van der Waals surface area (Å²) in [6.07, 6.45) is 0.765. The van der Waals surface area contributed by atoms with Crippen LogP contribution in [0.15, 0.2) is 10.9 Å². The van der Waals surface area contributed by atoms with Crippen LogP contribution in [-0.2, 0) is 24.3 Å². The maximum atomic E-state index is 12.2. The Bertz CT molecular complexity index is 740. The molecule has 8 nitrogen and oxygen atoms in total. The fourth-order valence-corrected chi connectivity index (χ4v) is 3.18. The van der Waals surface area contributed by atoms with Gasteiger partial charge in [0, 0.05) is 45.2 Å². The minimum atomic E-state index is -0.833. The van der Waals surface area contributed by atoms with Gasteiger partial charge in [0.2, 0.25) is 0 Å². The van der Waals surface area contributed by atoms with Crippen molar-refractivity contribution in [2.75, 3.05) is 19.6 Å². The predicted molar refractivity (Wildman–Crippen MR) is 87.5 cm³/mol. The van der Waals surface area contributed by atoms with Crippen molar-refractivity contribution >= 4 is 11.9 Å². The van der Waals surface area contributed by atoms with E-state index in [1.165, 1.54) is 9.58 Å². The quantitative estimate of drug-likeness (QED) is 0.781. The first kappa shape index (κ1) is 16.6. The van der Waals surface area contributed by atoms with E-state index >= 15 is 0 Å². The lowest BCUT2D eigenvalue weighted by Crippen LogP contribution is -2.43. The van der Waals surface area contributed by atoms with Crippen molar-refractivity contribution in [1.82, 2.24) is 24.9 Å². The standard InChI is InChI=1S/C16H23N5O3/c1-4-21-13(22)9-11-10-19(6-5-12(11)18-21)7-8-20-14(23)16(2,3)17-15(20)24/h9H,4-8,10H2,1-3H3,(H,17,24). The zero-order chi connectivity index (χ0) is 17.5. The lowest BCUT2D eigenvalue weighted by atomic mass is 10.1. The zero-order valence-electron chi connectivity index (χ0n) is 14.3. The monoisotopic (exact) mass is 333 g/mol. The molecule has 0 atom stereocenters. The largest absolute Gasteiger partial charge is 0.325 e. The van der Waals surface area contributed by atoms with E-state index in [-0.39, 0.29) is 17.5 Å².